The van der Waals surface area contributed by atoms with E-state index in [4.69, 9.17) is 14.6 Å². The van der Waals surface area contributed by atoms with Gasteiger partial charge in [0.2, 0.25) is 0 Å². The third kappa shape index (κ3) is 1.30. The molecule has 0 fully saturated rings. The van der Waals surface area contributed by atoms with Gasteiger partial charge in [-0.3, -0.25) is 0 Å². The standard InChI is InChI=1S/C13H10O3/c14-13(15)8-5-6-12-10(7-8)9-3-1-2-4-11(9)16-12/h1-7,13-15H. The predicted octanol–water partition coefficient (Wildman–Crippen LogP) is 2.57. The Labute approximate surface area is 91.5 Å². The fraction of sp³-hybridized carbons (Fsp3) is 0.0769. The lowest BCUT2D eigenvalue weighted by Crippen LogP contribution is -1.93. The maximum absolute atomic E-state index is 9.12. The van der Waals surface area contributed by atoms with Crippen LogP contribution in [-0.4, -0.2) is 10.2 Å². The van der Waals surface area contributed by atoms with Crippen molar-refractivity contribution in [3.05, 3.63) is 48.0 Å². The van der Waals surface area contributed by atoms with Gasteiger partial charge in [0.15, 0.2) is 6.29 Å². The third-order valence-electron chi connectivity index (χ3n) is 2.70. The molecule has 0 aliphatic rings. The Balaban J connectivity index is 2.40. The van der Waals surface area contributed by atoms with E-state index in [1.807, 2.05) is 24.3 Å². The molecule has 2 N–H and O–H groups in total. The summed E-state index contributed by atoms with van der Waals surface area (Å²) in [6, 6.07) is 12.8. The van der Waals surface area contributed by atoms with Gasteiger partial charge >= 0.3 is 0 Å². The molecule has 0 aliphatic carbocycles. The zero-order valence-corrected chi connectivity index (χ0v) is 8.42. The number of furan rings is 1. The smallest absolute Gasteiger partial charge is 0.178 e. The number of aliphatic hydroxyl groups is 2. The molecule has 0 bridgehead atoms. The number of aliphatic hydroxyl groups excluding tert-OH is 1. The molecule has 0 spiro atoms. The SMILES string of the molecule is OC(O)c1ccc2oc3ccccc3c2c1. The zero-order valence-electron chi connectivity index (χ0n) is 8.42. The average Bonchev–Trinajstić information content (AvgIpc) is 2.66. The van der Waals surface area contributed by atoms with Crippen LogP contribution in [0.2, 0.25) is 0 Å². The van der Waals surface area contributed by atoms with E-state index >= 15 is 0 Å². The van der Waals surface area contributed by atoms with Crippen LogP contribution in [-0.2, 0) is 0 Å². The molecule has 3 nitrogen and oxygen atoms in total. The Bertz CT molecular complexity index is 652. The summed E-state index contributed by atoms with van der Waals surface area (Å²) in [6.07, 6.45) is -1.45. The third-order valence-corrected chi connectivity index (χ3v) is 2.70. The maximum atomic E-state index is 9.12. The van der Waals surface area contributed by atoms with Gasteiger partial charge in [-0.1, -0.05) is 24.3 Å². The fourth-order valence-corrected chi connectivity index (χ4v) is 1.90. The highest BCUT2D eigenvalue weighted by molar-refractivity contribution is 6.04. The van der Waals surface area contributed by atoms with Gasteiger partial charge in [0.25, 0.3) is 0 Å². The number of fused-ring (bicyclic) bond motifs is 3. The molecule has 80 valence electrons. The number of benzene rings is 2. The predicted molar refractivity (Wildman–Crippen MR) is 60.9 cm³/mol. The van der Waals surface area contributed by atoms with Crippen LogP contribution in [0.25, 0.3) is 21.9 Å². The topological polar surface area (TPSA) is 53.6 Å². The van der Waals surface area contributed by atoms with Gasteiger partial charge in [-0.25, -0.2) is 0 Å². The van der Waals surface area contributed by atoms with Crippen molar-refractivity contribution in [3.63, 3.8) is 0 Å². The quantitative estimate of drug-likeness (QED) is 0.612. The summed E-state index contributed by atoms with van der Waals surface area (Å²) in [5.41, 5.74) is 2.03. The van der Waals surface area contributed by atoms with E-state index in [-0.39, 0.29) is 0 Å². The Morgan fingerprint density at radius 3 is 2.44 bits per heavy atom. The minimum atomic E-state index is -1.45. The van der Waals surface area contributed by atoms with Crippen molar-refractivity contribution in [3.8, 4) is 0 Å². The minimum Gasteiger partial charge on any atom is -0.456 e. The first-order chi connectivity index (χ1) is 7.75. The second-order valence-electron chi connectivity index (χ2n) is 3.73. The van der Waals surface area contributed by atoms with Crippen LogP contribution in [0.15, 0.2) is 46.9 Å². The fourth-order valence-electron chi connectivity index (χ4n) is 1.90. The monoisotopic (exact) mass is 214 g/mol. The number of hydrogen-bond donors (Lipinski definition) is 2. The molecule has 0 radical (unpaired) electrons. The summed E-state index contributed by atoms with van der Waals surface area (Å²) in [4.78, 5) is 0. The van der Waals surface area contributed by atoms with Crippen molar-refractivity contribution in [2.75, 3.05) is 0 Å². The lowest BCUT2D eigenvalue weighted by molar-refractivity contribution is -0.0423. The van der Waals surface area contributed by atoms with E-state index in [1.165, 1.54) is 0 Å². The first-order valence-corrected chi connectivity index (χ1v) is 5.03. The molecule has 1 heterocycles. The molecule has 1 aromatic heterocycles. The van der Waals surface area contributed by atoms with E-state index in [0.717, 1.165) is 21.9 Å². The molecular weight excluding hydrogens is 204 g/mol. The Morgan fingerprint density at radius 1 is 0.875 bits per heavy atom. The van der Waals surface area contributed by atoms with Gasteiger partial charge in [0.1, 0.15) is 11.2 Å². The molecule has 0 atom stereocenters. The average molecular weight is 214 g/mol. The van der Waals surface area contributed by atoms with E-state index in [2.05, 4.69) is 0 Å². The summed E-state index contributed by atoms with van der Waals surface area (Å²) in [5, 5.41) is 20.1. The Hall–Kier alpha value is -1.84. The van der Waals surface area contributed by atoms with Gasteiger partial charge in [-0.2, -0.15) is 0 Å². The van der Waals surface area contributed by atoms with E-state index in [1.54, 1.807) is 18.2 Å². The Morgan fingerprint density at radius 2 is 1.62 bits per heavy atom. The van der Waals surface area contributed by atoms with Crippen molar-refractivity contribution < 1.29 is 14.6 Å². The number of hydrogen-bond acceptors (Lipinski definition) is 3. The first-order valence-electron chi connectivity index (χ1n) is 5.03. The van der Waals surface area contributed by atoms with Crippen molar-refractivity contribution in [1.82, 2.24) is 0 Å². The second-order valence-corrected chi connectivity index (χ2v) is 3.73. The first kappa shape index (κ1) is 9.39. The summed E-state index contributed by atoms with van der Waals surface area (Å²) >= 11 is 0. The number of rotatable bonds is 1. The highest BCUT2D eigenvalue weighted by atomic mass is 16.5. The van der Waals surface area contributed by atoms with Crippen molar-refractivity contribution >= 4 is 21.9 Å². The lowest BCUT2D eigenvalue weighted by atomic mass is 10.1. The minimum absolute atomic E-state index is 0.471. The van der Waals surface area contributed by atoms with Gasteiger partial charge < -0.3 is 14.6 Å². The largest absolute Gasteiger partial charge is 0.456 e. The van der Waals surface area contributed by atoms with Crippen molar-refractivity contribution in [2.45, 2.75) is 6.29 Å². The number of para-hydroxylation sites is 1. The molecule has 16 heavy (non-hydrogen) atoms. The van der Waals surface area contributed by atoms with E-state index in [0.29, 0.717) is 5.56 Å². The molecule has 3 rings (SSSR count). The van der Waals surface area contributed by atoms with Crippen LogP contribution in [0.1, 0.15) is 11.9 Å². The van der Waals surface area contributed by atoms with Crippen LogP contribution in [0.5, 0.6) is 0 Å². The Kier molecular flexibility index (Phi) is 1.96. The van der Waals surface area contributed by atoms with Crippen LogP contribution in [0.3, 0.4) is 0 Å². The molecule has 3 heteroatoms. The normalized spacial score (nSPS) is 11.7. The van der Waals surface area contributed by atoms with Crippen molar-refractivity contribution in [2.24, 2.45) is 0 Å². The van der Waals surface area contributed by atoms with Crippen molar-refractivity contribution in [1.29, 1.82) is 0 Å². The highest BCUT2D eigenvalue weighted by Crippen LogP contribution is 2.30. The molecular formula is C13H10O3. The summed E-state index contributed by atoms with van der Waals surface area (Å²) in [6.45, 7) is 0. The van der Waals surface area contributed by atoms with Gasteiger partial charge in [-0.15, -0.1) is 0 Å². The summed E-state index contributed by atoms with van der Waals surface area (Å²) in [5.74, 6) is 0. The zero-order chi connectivity index (χ0) is 11.1. The van der Waals surface area contributed by atoms with Gasteiger partial charge in [0.05, 0.1) is 0 Å². The molecule has 0 aliphatic heterocycles. The second kappa shape index (κ2) is 3.33. The van der Waals surface area contributed by atoms with E-state index < -0.39 is 6.29 Å². The van der Waals surface area contributed by atoms with Gasteiger partial charge in [0, 0.05) is 16.3 Å². The molecule has 2 aromatic carbocycles. The highest BCUT2D eigenvalue weighted by Gasteiger charge is 2.09. The van der Waals surface area contributed by atoms with Crippen LogP contribution in [0, 0.1) is 0 Å². The molecule has 3 aromatic rings. The molecule has 0 saturated carbocycles. The molecule has 0 saturated heterocycles. The van der Waals surface area contributed by atoms with Crippen LogP contribution >= 0.6 is 0 Å². The molecule has 0 unspecified atom stereocenters. The lowest BCUT2D eigenvalue weighted by Gasteiger charge is -2.02. The molecule has 0 amide bonds. The maximum Gasteiger partial charge on any atom is 0.178 e. The summed E-state index contributed by atoms with van der Waals surface area (Å²) < 4.78 is 5.62. The van der Waals surface area contributed by atoms with Crippen LogP contribution < -0.4 is 0 Å². The van der Waals surface area contributed by atoms with Crippen LogP contribution in [0.4, 0.5) is 0 Å². The van der Waals surface area contributed by atoms with E-state index in [9.17, 15) is 0 Å². The summed E-state index contributed by atoms with van der Waals surface area (Å²) in [7, 11) is 0. The van der Waals surface area contributed by atoms with Gasteiger partial charge in [-0.05, 0) is 18.2 Å².